The first-order chi connectivity index (χ1) is 14.3. The Balaban J connectivity index is 2.60. The fourth-order valence-corrected chi connectivity index (χ4v) is 4.95. The van der Waals surface area contributed by atoms with Crippen molar-refractivity contribution in [2.45, 2.75) is 67.0 Å². The van der Waals surface area contributed by atoms with E-state index in [2.05, 4.69) is 0 Å². The molecule has 2 rings (SSSR count). The number of ketones is 4. The molecule has 0 N–H and O–H groups in total. The average Bonchev–Trinajstić information content (AvgIpc) is 2.61. The predicted molar refractivity (Wildman–Crippen MR) is 129 cm³/mol. The van der Waals surface area contributed by atoms with Gasteiger partial charge in [-0.05, 0) is 79.1 Å². The number of Topliss-reactive ketones (excluding diaryl/α,β-unsaturated/α-hetero) is 4. The van der Waals surface area contributed by atoms with Crippen LogP contribution in [0.4, 0.5) is 0 Å². The van der Waals surface area contributed by atoms with Gasteiger partial charge in [-0.15, -0.1) is 0 Å². The van der Waals surface area contributed by atoms with Crippen LogP contribution in [0.5, 0.6) is 0 Å². The summed E-state index contributed by atoms with van der Waals surface area (Å²) in [6, 6.07) is 0. The van der Waals surface area contributed by atoms with E-state index in [0.29, 0.717) is 0 Å². The first-order valence-electron chi connectivity index (χ1n) is 10.7. The van der Waals surface area contributed by atoms with E-state index in [-0.39, 0.29) is 45.8 Å². The maximum absolute atomic E-state index is 13.0. The minimum atomic E-state index is -2.08. The highest BCUT2D eigenvalue weighted by Crippen LogP contribution is 2.36. The first kappa shape index (κ1) is 25.9. The van der Waals surface area contributed by atoms with Gasteiger partial charge in [0.05, 0.1) is 10.8 Å². The van der Waals surface area contributed by atoms with E-state index in [1.165, 1.54) is 24.3 Å². The summed E-state index contributed by atoms with van der Waals surface area (Å²) in [6.45, 7) is 18.1. The number of rotatable bonds is 5. The molecule has 0 aromatic heterocycles. The second kappa shape index (κ2) is 8.22. The molecule has 0 aliphatic heterocycles. The highest BCUT2D eigenvalue weighted by atomic mass is 28.4. The maximum Gasteiger partial charge on any atom is 0.242 e. The summed E-state index contributed by atoms with van der Waals surface area (Å²) in [7, 11) is -4.16. The molecule has 0 aromatic rings. The number of hydrogen-bond acceptors (Lipinski definition) is 6. The third-order valence-electron chi connectivity index (χ3n) is 5.09. The number of allylic oxidation sites excluding steroid dienone is 8. The van der Waals surface area contributed by atoms with Crippen LogP contribution in [0.1, 0.15) is 27.7 Å². The Bertz CT molecular complexity index is 926. The van der Waals surface area contributed by atoms with E-state index >= 15 is 0 Å². The quantitative estimate of drug-likeness (QED) is 0.327. The maximum atomic E-state index is 13.0. The topological polar surface area (TPSA) is 86.7 Å². The molecule has 0 atom stereocenters. The SMILES string of the molecule is CC1(C)C(=O)C(O[Si](C)(C)C)=C/C(=C/C=C2/C=C(O[Si](C)(C)C)C(=O)C(C)(C)C2=O)C1=O. The number of carbonyl (C=O) groups excluding carboxylic acids is 4. The van der Waals surface area contributed by atoms with E-state index in [0.717, 1.165) is 0 Å². The van der Waals surface area contributed by atoms with Gasteiger partial charge in [0.25, 0.3) is 0 Å². The van der Waals surface area contributed by atoms with E-state index in [9.17, 15) is 19.2 Å². The lowest BCUT2D eigenvalue weighted by molar-refractivity contribution is -0.137. The van der Waals surface area contributed by atoms with E-state index in [1.807, 2.05) is 39.3 Å². The molecule has 0 unspecified atom stereocenters. The lowest BCUT2D eigenvalue weighted by Gasteiger charge is -2.32. The molecule has 174 valence electrons. The summed E-state index contributed by atoms with van der Waals surface area (Å²) >= 11 is 0. The molecule has 0 fully saturated rings. The Morgan fingerprint density at radius 2 is 0.875 bits per heavy atom. The third-order valence-corrected chi connectivity index (χ3v) is 6.76. The highest BCUT2D eigenvalue weighted by Gasteiger charge is 2.45. The van der Waals surface area contributed by atoms with Crippen molar-refractivity contribution in [2.75, 3.05) is 0 Å². The second-order valence-corrected chi connectivity index (χ2v) is 20.1. The third kappa shape index (κ3) is 5.35. The molecule has 8 heteroatoms. The largest absolute Gasteiger partial charge is 0.542 e. The van der Waals surface area contributed by atoms with Crippen LogP contribution in [-0.2, 0) is 28.0 Å². The Morgan fingerprint density at radius 1 is 0.594 bits per heavy atom. The molecule has 0 aromatic carbocycles. The van der Waals surface area contributed by atoms with Crippen LogP contribution in [0.2, 0.25) is 39.3 Å². The number of hydrogen-bond donors (Lipinski definition) is 0. The normalized spacial score (nSPS) is 23.9. The molecule has 32 heavy (non-hydrogen) atoms. The Hall–Kier alpha value is -2.33. The zero-order valence-corrected chi connectivity index (χ0v) is 22.8. The summed E-state index contributed by atoms with van der Waals surface area (Å²) in [6.07, 6.45) is 5.95. The fraction of sp³-hybridized carbons (Fsp3) is 0.500. The molecule has 0 radical (unpaired) electrons. The van der Waals surface area contributed by atoms with Gasteiger partial charge in [-0.25, -0.2) is 0 Å². The predicted octanol–water partition coefficient (Wildman–Crippen LogP) is 4.67. The van der Waals surface area contributed by atoms with Gasteiger partial charge in [-0.2, -0.15) is 0 Å². The van der Waals surface area contributed by atoms with Crippen LogP contribution in [0.25, 0.3) is 0 Å². The second-order valence-electron chi connectivity index (χ2n) is 11.3. The molecule has 0 heterocycles. The molecule has 0 amide bonds. The summed E-state index contributed by atoms with van der Waals surface area (Å²) in [5.41, 5.74) is -1.97. The van der Waals surface area contributed by atoms with Gasteiger partial charge in [0.15, 0.2) is 11.6 Å². The first-order valence-corrected chi connectivity index (χ1v) is 17.5. The fourth-order valence-electron chi connectivity index (χ4n) is 3.33. The summed E-state index contributed by atoms with van der Waals surface area (Å²) in [5, 5.41) is 0. The van der Waals surface area contributed by atoms with Gasteiger partial charge >= 0.3 is 0 Å². The van der Waals surface area contributed by atoms with Crippen molar-refractivity contribution in [1.82, 2.24) is 0 Å². The van der Waals surface area contributed by atoms with Crippen LogP contribution in [0, 0.1) is 10.8 Å². The Labute approximate surface area is 192 Å². The Morgan fingerprint density at radius 3 is 1.12 bits per heavy atom. The van der Waals surface area contributed by atoms with E-state index < -0.39 is 27.5 Å². The molecule has 2 aliphatic carbocycles. The molecule has 0 saturated heterocycles. The van der Waals surface area contributed by atoms with Crippen molar-refractivity contribution in [1.29, 1.82) is 0 Å². The van der Waals surface area contributed by atoms with Crippen LogP contribution in [-0.4, -0.2) is 39.8 Å². The molecule has 6 nitrogen and oxygen atoms in total. The van der Waals surface area contributed by atoms with Gasteiger partial charge in [-0.3, -0.25) is 19.2 Å². The molecule has 0 spiro atoms. The van der Waals surface area contributed by atoms with Crippen molar-refractivity contribution < 1.29 is 28.0 Å². The molecule has 0 bridgehead atoms. The summed E-state index contributed by atoms with van der Waals surface area (Å²) in [5.74, 6) is -1.04. The molecule has 2 aliphatic rings. The lowest BCUT2D eigenvalue weighted by atomic mass is 9.74. The van der Waals surface area contributed by atoms with Crippen LogP contribution < -0.4 is 0 Å². The standard InChI is InChI=1S/C24H34O6Si2/c1-23(2)19(25)15(13-17(21(23)27)29-31(5,6)7)11-12-16-14-18(30-32(8,9)10)22(28)24(3,4)20(16)26/h11-14H,1-10H3/b15-11-,16-12-. The Kier molecular flexibility index (Phi) is 6.66. The smallest absolute Gasteiger partial charge is 0.242 e. The molecular weight excluding hydrogens is 440 g/mol. The lowest BCUT2D eigenvalue weighted by Crippen LogP contribution is -2.42. The average molecular weight is 475 g/mol. The van der Waals surface area contributed by atoms with Gasteiger partial charge in [0.1, 0.15) is 11.5 Å². The monoisotopic (exact) mass is 474 g/mol. The molecule has 0 saturated carbocycles. The van der Waals surface area contributed by atoms with Crippen molar-refractivity contribution in [3.63, 3.8) is 0 Å². The van der Waals surface area contributed by atoms with Gasteiger partial charge < -0.3 is 8.85 Å². The van der Waals surface area contributed by atoms with Crippen molar-refractivity contribution >= 4 is 39.8 Å². The summed E-state index contributed by atoms with van der Waals surface area (Å²) in [4.78, 5) is 51.5. The van der Waals surface area contributed by atoms with Gasteiger partial charge in [0.2, 0.25) is 28.2 Å². The van der Waals surface area contributed by atoms with Crippen molar-refractivity contribution in [3.8, 4) is 0 Å². The zero-order chi connectivity index (χ0) is 24.9. The highest BCUT2D eigenvalue weighted by molar-refractivity contribution is 6.70. The van der Waals surface area contributed by atoms with Crippen molar-refractivity contribution in [3.05, 3.63) is 47.0 Å². The van der Waals surface area contributed by atoms with Crippen LogP contribution in [0.15, 0.2) is 47.0 Å². The van der Waals surface area contributed by atoms with Crippen LogP contribution in [0.3, 0.4) is 0 Å². The van der Waals surface area contributed by atoms with Crippen LogP contribution >= 0.6 is 0 Å². The number of carbonyl (C=O) groups is 4. The molecular formula is C24H34O6Si2. The minimum Gasteiger partial charge on any atom is -0.542 e. The van der Waals surface area contributed by atoms with Gasteiger partial charge in [-0.1, -0.05) is 12.2 Å². The van der Waals surface area contributed by atoms with E-state index in [1.54, 1.807) is 27.7 Å². The van der Waals surface area contributed by atoms with E-state index in [4.69, 9.17) is 8.85 Å². The van der Waals surface area contributed by atoms with Gasteiger partial charge in [0, 0.05) is 11.1 Å². The van der Waals surface area contributed by atoms with Crippen molar-refractivity contribution in [2.24, 2.45) is 10.8 Å². The minimum absolute atomic E-state index is 0.169. The summed E-state index contributed by atoms with van der Waals surface area (Å²) < 4.78 is 11.9. The zero-order valence-electron chi connectivity index (χ0n) is 20.8.